The van der Waals surface area contributed by atoms with Crippen molar-refractivity contribution >= 4 is 5.78 Å². The highest BCUT2D eigenvalue weighted by Gasteiger charge is 2.23. The third-order valence-electron chi connectivity index (χ3n) is 3.85. The fraction of sp³-hybridized carbons (Fsp3) is 0.562. The molecule has 0 aromatic heterocycles. The zero-order valence-corrected chi connectivity index (χ0v) is 11.7. The number of Topliss-reactive ketones (excluding diaryl/α,β-unsaturated/α-hetero) is 1. The molecular formula is C16H23NO. The first kappa shape index (κ1) is 13.3. The van der Waals surface area contributed by atoms with Gasteiger partial charge in [0.05, 0.1) is 0 Å². The van der Waals surface area contributed by atoms with E-state index in [2.05, 4.69) is 38.2 Å². The number of hydrogen-bond acceptors (Lipinski definition) is 2. The van der Waals surface area contributed by atoms with E-state index in [-0.39, 0.29) is 0 Å². The molecule has 0 radical (unpaired) electrons. The number of nitrogens with one attached hydrogen (secondary N) is 1. The van der Waals surface area contributed by atoms with Crippen LogP contribution in [0.1, 0.15) is 66.7 Å². The lowest BCUT2D eigenvalue weighted by Crippen LogP contribution is -2.19. The lowest BCUT2D eigenvalue weighted by atomic mass is 9.95. The van der Waals surface area contributed by atoms with E-state index in [1.54, 1.807) is 0 Å². The molecule has 1 atom stereocenters. The predicted molar refractivity (Wildman–Crippen MR) is 75.2 cm³/mol. The van der Waals surface area contributed by atoms with E-state index in [9.17, 15) is 4.79 Å². The van der Waals surface area contributed by atoms with Gasteiger partial charge in [0.15, 0.2) is 5.78 Å². The molecule has 1 aromatic carbocycles. The lowest BCUT2D eigenvalue weighted by Gasteiger charge is -2.17. The molecule has 18 heavy (non-hydrogen) atoms. The van der Waals surface area contributed by atoms with Crippen LogP contribution in [0.2, 0.25) is 0 Å². The van der Waals surface area contributed by atoms with Gasteiger partial charge >= 0.3 is 0 Å². The van der Waals surface area contributed by atoms with Crippen molar-refractivity contribution in [3.63, 3.8) is 0 Å². The molecule has 0 amide bonds. The molecule has 0 fully saturated rings. The Hall–Kier alpha value is -1.15. The zero-order chi connectivity index (χ0) is 13.1. The second kappa shape index (κ2) is 5.66. The monoisotopic (exact) mass is 245 g/mol. The van der Waals surface area contributed by atoms with Gasteiger partial charge in [0.25, 0.3) is 0 Å². The molecule has 1 aliphatic carbocycles. The Bertz CT molecular complexity index is 451. The molecule has 0 saturated heterocycles. The summed E-state index contributed by atoms with van der Waals surface area (Å²) in [5, 5.41) is 3.49. The van der Waals surface area contributed by atoms with Crippen molar-refractivity contribution in [3.8, 4) is 0 Å². The van der Waals surface area contributed by atoms with Crippen molar-refractivity contribution in [1.29, 1.82) is 0 Å². The van der Waals surface area contributed by atoms with E-state index in [4.69, 9.17) is 0 Å². The maximum atomic E-state index is 11.9. The smallest absolute Gasteiger partial charge is 0.163 e. The first-order chi connectivity index (χ1) is 8.67. The lowest BCUT2D eigenvalue weighted by molar-refractivity contribution is 0.0994. The summed E-state index contributed by atoms with van der Waals surface area (Å²) in [6, 6.07) is 4.72. The van der Waals surface area contributed by atoms with Gasteiger partial charge in [-0.25, -0.2) is 0 Å². The minimum absolute atomic E-state index is 0.323. The third-order valence-corrected chi connectivity index (χ3v) is 3.85. The second-order valence-corrected chi connectivity index (χ2v) is 5.16. The van der Waals surface area contributed by atoms with Crippen LogP contribution in [-0.4, -0.2) is 12.3 Å². The number of rotatable bonds is 5. The van der Waals surface area contributed by atoms with Crippen LogP contribution >= 0.6 is 0 Å². The van der Waals surface area contributed by atoms with Crippen molar-refractivity contribution in [1.82, 2.24) is 5.32 Å². The van der Waals surface area contributed by atoms with Gasteiger partial charge in [-0.1, -0.05) is 19.9 Å². The second-order valence-electron chi connectivity index (χ2n) is 5.16. The molecule has 2 heteroatoms. The van der Waals surface area contributed by atoms with Crippen LogP contribution in [0.5, 0.6) is 0 Å². The number of fused-ring (bicyclic) bond motifs is 1. The summed E-state index contributed by atoms with van der Waals surface area (Å²) in [4.78, 5) is 11.9. The van der Waals surface area contributed by atoms with Crippen molar-refractivity contribution < 1.29 is 4.79 Å². The highest BCUT2D eigenvalue weighted by molar-refractivity contribution is 6.01. The molecule has 0 unspecified atom stereocenters. The maximum absolute atomic E-state index is 11.9. The van der Waals surface area contributed by atoms with Crippen LogP contribution in [0.15, 0.2) is 12.1 Å². The van der Waals surface area contributed by atoms with Crippen LogP contribution in [0.25, 0.3) is 0 Å². The van der Waals surface area contributed by atoms with Gasteiger partial charge in [-0.2, -0.15) is 0 Å². The molecular weight excluding hydrogens is 222 g/mol. The largest absolute Gasteiger partial charge is 0.310 e. The Morgan fingerprint density at radius 3 is 2.72 bits per heavy atom. The number of hydrogen-bond donors (Lipinski definition) is 1. The van der Waals surface area contributed by atoms with E-state index in [1.165, 1.54) is 16.7 Å². The highest BCUT2D eigenvalue weighted by Crippen LogP contribution is 2.29. The van der Waals surface area contributed by atoms with Crippen LogP contribution in [0.4, 0.5) is 0 Å². The van der Waals surface area contributed by atoms with Gasteiger partial charge in [0.1, 0.15) is 0 Å². The number of carbonyl (C=O) groups is 1. The summed E-state index contributed by atoms with van der Waals surface area (Å²) in [7, 11) is 0. The predicted octanol–water partition coefficient (Wildman–Crippen LogP) is 3.44. The Morgan fingerprint density at radius 2 is 2.06 bits per heavy atom. The summed E-state index contributed by atoms with van der Waals surface area (Å²) < 4.78 is 0. The number of carbonyl (C=O) groups excluding carboxylic acids is 1. The normalized spacial score (nSPS) is 15.8. The summed E-state index contributed by atoms with van der Waals surface area (Å²) in [6.45, 7) is 7.54. The molecule has 0 heterocycles. The summed E-state index contributed by atoms with van der Waals surface area (Å²) >= 11 is 0. The van der Waals surface area contributed by atoms with E-state index < -0.39 is 0 Å². The van der Waals surface area contributed by atoms with Crippen molar-refractivity contribution in [2.24, 2.45) is 0 Å². The number of aryl methyl sites for hydroxylation is 1. The zero-order valence-electron chi connectivity index (χ0n) is 11.7. The van der Waals surface area contributed by atoms with Crippen LogP contribution in [0, 0.1) is 0 Å². The van der Waals surface area contributed by atoms with Crippen LogP contribution in [-0.2, 0) is 12.8 Å². The Morgan fingerprint density at radius 1 is 1.28 bits per heavy atom. The third kappa shape index (κ3) is 2.49. The van der Waals surface area contributed by atoms with Gasteiger partial charge in [0.2, 0.25) is 0 Å². The summed E-state index contributed by atoms with van der Waals surface area (Å²) in [5.41, 5.74) is 4.90. The van der Waals surface area contributed by atoms with Crippen molar-refractivity contribution in [2.45, 2.75) is 52.5 Å². The van der Waals surface area contributed by atoms with Gasteiger partial charge in [-0.05, 0) is 55.5 Å². The molecule has 2 rings (SSSR count). The maximum Gasteiger partial charge on any atom is 0.163 e. The standard InChI is InChI=1S/C16H23NO/c1-4-8-17-11(3)13-9-12(5-2)14-6-7-16(18)15(14)10-13/h9-11,17H,4-8H2,1-3H3/t11-/m1/s1. The molecule has 2 nitrogen and oxygen atoms in total. The topological polar surface area (TPSA) is 29.1 Å². The molecule has 98 valence electrons. The van der Waals surface area contributed by atoms with E-state index in [0.29, 0.717) is 18.2 Å². The van der Waals surface area contributed by atoms with E-state index in [1.807, 2.05) is 0 Å². The number of benzene rings is 1. The van der Waals surface area contributed by atoms with Gasteiger partial charge < -0.3 is 5.32 Å². The van der Waals surface area contributed by atoms with Crippen LogP contribution in [0.3, 0.4) is 0 Å². The molecule has 1 N–H and O–H groups in total. The minimum atomic E-state index is 0.323. The average molecular weight is 245 g/mol. The number of ketones is 1. The highest BCUT2D eigenvalue weighted by atomic mass is 16.1. The van der Waals surface area contributed by atoms with E-state index in [0.717, 1.165) is 31.4 Å². The molecule has 0 saturated carbocycles. The Balaban J connectivity index is 2.32. The molecule has 1 aromatic rings. The molecule has 0 bridgehead atoms. The van der Waals surface area contributed by atoms with Gasteiger partial charge in [-0.15, -0.1) is 0 Å². The molecule has 0 spiro atoms. The first-order valence-electron chi connectivity index (χ1n) is 7.09. The molecule has 0 aliphatic heterocycles. The minimum Gasteiger partial charge on any atom is -0.310 e. The first-order valence-corrected chi connectivity index (χ1v) is 7.09. The van der Waals surface area contributed by atoms with Crippen LogP contribution < -0.4 is 5.32 Å². The Kier molecular flexibility index (Phi) is 4.18. The summed E-state index contributed by atoms with van der Waals surface area (Å²) in [5.74, 6) is 0.323. The van der Waals surface area contributed by atoms with Crippen molar-refractivity contribution in [3.05, 3.63) is 34.4 Å². The van der Waals surface area contributed by atoms with Gasteiger partial charge in [-0.3, -0.25) is 4.79 Å². The SMILES string of the molecule is CCCN[C@H](C)c1cc(CC)c2c(c1)C(=O)CC2. The van der Waals surface area contributed by atoms with Gasteiger partial charge in [0, 0.05) is 18.0 Å². The fourth-order valence-corrected chi connectivity index (χ4v) is 2.72. The summed E-state index contributed by atoms with van der Waals surface area (Å²) in [6.07, 6.45) is 3.79. The quantitative estimate of drug-likeness (QED) is 0.861. The average Bonchev–Trinajstić information content (AvgIpc) is 2.76. The fourth-order valence-electron chi connectivity index (χ4n) is 2.72. The van der Waals surface area contributed by atoms with E-state index >= 15 is 0 Å². The Labute approximate surface area is 110 Å². The molecule has 1 aliphatic rings. The van der Waals surface area contributed by atoms with Crippen molar-refractivity contribution in [2.75, 3.05) is 6.54 Å².